The van der Waals surface area contributed by atoms with Gasteiger partial charge in [0.05, 0.1) is 17.2 Å². The van der Waals surface area contributed by atoms with Crippen molar-refractivity contribution in [3.63, 3.8) is 0 Å². The third-order valence-electron chi connectivity index (χ3n) is 8.62. The maximum Gasteiger partial charge on any atom is 0.416 e. The van der Waals surface area contributed by atoms with Gasteiger partial charge in [0, 0.05) is 37.3 Å². The summed E-state index contributed by atoms with van der Waals surface area (Å²) in [6.07, 6.45) is -10.5. The summed E-state index contributed by atoms with van der Waals surface area (Å²) in [6.45, 7) is 7.98. The Morgan fingerprint density at radius 1 is 0.911 bits per heavy atom. The van der Waals surface area contributed by atoms with Crippen molar-refractivity contribution in [1.29, 1.82) is 0 Å². The lowest BCUT2D eigenvalue weighted by molar-refractivity contribution is -0.149. The van der Waals surface area contributed by atoms with Gasteiger partial charge in [-0.2, -0.15) is 26.3 Å². The van der Waals surface area contributed by atoms with E-state index in [-0.39, 0.29) is 23.7 Å². The molecule has 0 aromatic heterocycles. The van der Waals surface area contributed by atoms with E-state index in [4.69, 9.17) is 9.47 Å². The molecule has 1 aliphatic heterocycles. The summed E-state index contributed by atoms with van der Waals surface area (Å²) >= 11 is 0. The van der Waals surface area contributed by atoms with Crippen LogP contribution in [-0.2, 0) is 31.4 Å². The number of hydrogen-bond donors (Lipinski definition) is 0. The molecule has 2 aromatic carbocycles. The number of halogens is 7. The molecule has 1 saturated heterocycles. The smallest absolute Gasteiger partial charge is 0.416 e. The average molecular weight is 646 g/mol. The van der Waals surface area contributed by atoms with Crippen molar-refractivity contribution >= 4 is 11.8 Å². The number of nitrogens with zero attached hydrogens (tertiary/aromatic N) is 1. The van der Waals surface area contributed by atoms with E-state index in [0.29, 0.717) is 56.6 Å². The van der Waals surface area contributed by atoms with Gasteiger partial charge >= 0.3 is 18.3 Å². The molecular weight excluding hydrogens is 607 g/mol. The fourth-order valence-electron chi connectivity index (χ4n) is 6.51. The molecule has 2 aliphatic rings. The van der Waals surface area contributed by atoms with E-state index in [1.54, 1.807) is 12.1 Å². The van der Waals surface area contributed by atoms with Crippen molar-refractivity contribution in [3.05, 3.63) is 70.5 Å². The summed E-state index contributed by atoms with van der Waals surface area (Å²) in [5.74, 6) is -1.63. The van der Waals surface area contributed by atoms with Crippen LogP contribution in [0.4, 0.5) is 30.7 Å². The highest BCUT2D eigenvalue weighted by Gasteiger charge is 2.43. The van der Waals surface area contributed by atoms with Crippen LogP contribution < -0.4 is 0 Å². The molecule has 0 N–H and O–H groups in total. The van der Waals surface area contributed by atoms with E-state index < -0.39 is 71.0 Å². The summed E-state index contributed by atoms with van der Waals surface area (Å²) in [7, 11) is 0. The number of rotatable bonds is 9. The predicted molar refractivity (Wildman–Crippen MR) is 152 cm³/mol. The molecule has 248 valence electrons. The van der Waals surface area contributed by atoms with Crippen molar-refractivity contribution in [1.82, 2.24) is 4.90 Å². The Morgan fingerprint density at radius 3 is 2.04 bits per heavy atom. The predicted octanol–water partition coefficient (Wildman–Crippen LogP) is 7.98. The number of carbonyl (C=O) groups excluding carboxylic acids is 2. The van der Waals surface area contributed by atoms with Crippen molar-refractivity contribution < 1.29 is 49.8 Å². The minimum absolute atomic E-state index is 0.0347. The Morgan fingerprint density at radius 2 is 1.51 bits per heavy atom. The molecule has 1 heterocycles. The SMILES string of the molecule is CC(=O)OCC(OC1CCC(CN2CCC(C(=O)C(C)(C)C)C2)C1c1ccc(F)cc1)c1cc(C(F)(F)F)cc(C(F)(F)F)c1. The van der Waals surface area contributed by atoms with E-state index in [9.17, 15) is 40.3 Å². The van der Waals surface area contributed by atoms with E-state index in [1.165, 1.54) is 12.1 Å². The van der Waals surface area contributed by atoms with E-state index in [0.717, 1.165) is 6.92 Å². The van der Waals surface area contributed by atoms with Crippen LogP contribution in [0, 0.1) is 23.1 Å². The van der Waals surface area contributed by atoms with Crippen LogP contribution in [0.5, 0.6) is 0 Å². The molecule has 0 bridgehead atoms. The third kappa shape index (κ3) is 8.84. The van der Waals surface area contributed by atoms with Gasteiger partial charge in [-0.3, -0.25) is 9.59 Å². The third-order valence-corrected chi connectivity index (χ3v) is 8.62. The normalized spacial score (nSPS) is 23.7. The molecule has 12 heteroatoms. The van der Waals surface area contributed by atoms with Gasteiger partial charge in [0.25, 0.3) is 0 Å². The molecule has 5 atom stereocenters. The Bertz CT molecular complexity index is 1320. The Balaban J connectivity index is 1.65. The molecule has 5 nitrogen and oxygen atoms in total. The quantitative estimate of drug-likeness (QED) is 0.205. The molecule has 2 aromatic rings. The molecule has 1 saturated carbocycles. The summed E-state index contributed by atoms with van der Waals surface area (Å²) in [5.41, 5.74) is -3.21. The standard InChI is InChI=1S/C33H38F7NO4/c1-19(42)44-18-28(23-13-24(32(35,36)37)15-25(14-23)33(38,39)40)45-27-10-7-21(29(27)20-5-8-26(34)9-6-20)16-41-12-11-22(17-41)30(43)31(2,3)4/h5-6,8-9,13-15,21-22,27-29H,7,10-12,16-18H2,1-4H3. The van der Waals surface area contributed by atoms with Crippen molar-refractivity contribution in [2.75, 3.05) is 26.2 Å². The summed E-state index contributed by atoms with van der Waals surface area (Å²) < 4.78 is 107. The highest BCUT2D eigenvalue weighted by Crippen LogP contribution is 2.45. The minimum Gasteiger partial charge on any atom is -0.463 e. The zero-order valence-corrected chi connectivity index (χ0v) is 25.6. The number of esters is 1. The Hall–Kier alpha value is -2.99. The molecule has 45 heavy (non-hydrogen) atoms. The fraction of sp³-hybridized carbons (Fsp3) is 0.576. The lowest BCUT2D eigenvalue weighted by atomic mass is 9.82. The number of ketones is 1. The van der Waals surface area contributed by atoms with Crippen LogP contribution in [-0.4, -0.2) is 49.0 Å². The highest BCUT2D eigenvalue weighted by atomic mass is 19.4. The number of likely N-dealkylation sites (tertiary alicyclic amines) is 1. The van der Waals surface area contributed by atoms with Crippen molar-refractivity contribution in [2.24, 2.45) is 17.3 Å². The van der Waals surface area contributed by atoms with Crippen molar-refractivity contribution in [3.8, 4) is 0 Å². The largest absolute Gasteiger partial charge is 0.463 e. The van der Waals surface area contributed by atoms with Crippen LogP contribution in [0.15, 0.2) is 42.5 Å². The monoisotopic (exact) mass is 645 g/mol. The molecule has 0 radical (unpaired) electrons. The van der Waals surface area contributed by atoms with Gasteiger partial charge in [-0.05, 0) is 73.2 Å². The first kappa shape index (κ1) is 34.9. The number of benzene rings is 2. The zero-order valence-electron chi connectivity index (χ0n) is 25.6. The number of hydrogen-bond acceptors (Lipinski definition) is 5. The van der Waals surface area contributed by atoms with Crippen LogP contribution in [0.2, 0.25) is 0 Å². The fourth-order valence-corrected chi connectivity index (χ4v) is 6.51. The zero-order chi connectivity index (χ0) is 33.3. The van der Waals surface area contributed by atoms with Gasteiger partial charge < -0.3 is 14.4 Å². The molecule has 0 amide bonds. The van der Waals surface area contributed by atoms with Gasteiger partial charge in [-0.25, -0.2) is 4.39 Å². The van der Waals surface area contributed by atoms with Crippen LogP contribution in [0.1, 0.15) is 81.2 Å². The summed E-state index contributed by atoms with van der Waals surface area (Å²) in [5, 5.41) is 0. The molecule has 2 fully saturated rings. The number of carbonyl (C=O) groups is 2. The van der Waals surface area contributed by atoms with Crippen molar-refractivity contribution in [2.45, 2.75) is 77.4 Å². The highest BCUT2D eigenvalue weighted by molar-refractivity contribution is 5.86. The van der Waals surface area contributed by atoms with Crippen LogP contribution in [0.25, 0.3) is 0 Å². The second-order valence-electron chi connectivity index (χ2n) is 13.1. The molecular formula is C33H38F7NO4. The topological polar surface area (TPSA) is 55.8 Å². The van der Waals surface area contributed by atoms with Crippen LogP contribution >= 0.6 is 0 Å². The Kier molecular flexibility index (Phi) is 10.4. The summed E-state index contributed by atoms with van der Waals surface area (Å²) in [6, 6.07) is 6.96. The van der Waals surface area contributed by atoms with E-state index >= 15 is 0 Å². The van der Waals surface area contributed by atoms with E-state index in [2.05, 4.69) is 4.90 Å². The lowest BCUT2D eigenvalue weighted by Gasteiger charge is -2.31. The minimum atomic E-state index is -5.07. The number of Topliss-reactive ketones (excluding diaryl/α,β-unsaturated/α-hetero) is 1. The summed E-state index contributed by atoms with van der Waals surface area (Å²) in [4.78, 5) is 26.8. The maximum absolute atomic E-state index is 13.9. The molecule has 1 aliphatic carbocycles. The lowest BCUT2D eigenvalue weighted by Crippen LogP contribution is -2.34. The van der Waals surface area contributed by atoms with Gasteiger partial charge in [0.1, 0.15) is 24.3 Å². The molecule has 4 rings (SSSR count). The number of alkyl halides is 6. The van der Waals surface area contributed by atoms with Gasteiger partial charge in [-0.15, -0.1) is 0 Å². The molecule has 5 unspecified atom stereocenters. The van der Waals surface area contributed by atoms with Gasteiger partial charge in [-0.1, -0.05) is 32.9 Å². The van der Waals surface area contributed by atoms with E-state index in [1.807, 2.05) is 20.8 Å². The first-order valence-electron chi connectivity index (χ1n) is 14.9. The maximum atomic E-state index is 13.9. The first-order valence-corrected chi connectivity index (χ1v) is 14.9. The first-order chi connectivity index (χ1) is 20.8. The van der Waals surface area contributed by atoms with Gasteiger partial charge in [0.15, 0.2) is 0 Å². The molecule has 0 spiro atoms. The second-order valence-corrected chi connectivity index (χ2v) is 13.1. The van der Waals surface area contributed by atoms with Crippen LogP contribution in [0.3, 0.4) is 0 Å². The number of ether oxygens (including phenoxy) is 2. The van der Waals surface area contributed by atoms with Gasteiger partial charge in [0.2, 0.25) is 0 Å². The Labute approximate surface area is 258 Å². The second kappa shape index (κ2) is 13.4. The average Bonchev–Trinajstić information content (AvgIpc) is 3.56.